The number of nitrogens with zero attached hydrogens (tertiary/aromatic N) is 3. The van der Waals surface area contributed by atoms with Crippen molar-refractivity contribution in [3.8, 4) is 17.4 Å². The lowest BCUT2D eigenvalue weighted by Gasteiger charge is -2.13. The van der Waals surface area contributed by atoms with Crippen LogP contribution in [0.4, 0.5) is 10.1 Å². The molecule has 1 aromatic heterocycles. The summed E-state index contributed by atoms with van der Waals surface area (Å²) in [5.41, 5.74) is 0.899. The topological polar surface area (TPSA) is 76.6 Å². The Hall–Kier alpha value is -3.23. The Kier molecular flexibility index (Phi) is 6.81. The van der Waals surface area contributed by atoms with E-state index in [4.69, 9.17) is 21.1 Å². The zero-order valence-corrected chi connectivity index (χ0v) is 17.4. The van der Waals surface area contributed by atoms with Crippen LogP contribution in [0, 0.1) is 5.82 Å². The quantitative estimate of drug-likeness (QED) is 0.564. The first kappa shape index (κ1) is 21.5. The minimum atomic E-state index is -0.695. The molecule has 0 aliphatic carbocycles. The first-order valence-electron chi connectivity index (χ1n) is 8.96. The van der Waals surface area contributed by atoms with Crippen LogP contribution in [0.5, 0.6) is 17.4 Å². The van der Waals surface area contributed by atoms with Crippen LogP contribution in [0.3, 0.4) is 0 Å². The normalized spacial score (nSPS) is 11.3. The summed E-state index contributed by atoms with van der Waals surface area (Å²) in [6.07, 6.45) is 4.47. The number of nitrogens with one attached hydrogen (secondary N) is 1. The second-order valence-corrected chi connectivity index (χ2v) is 6.96. The summed E-state index contributed by atoms with van der Waals surface area (Å²) in [6, 6.07) is 7.68. The highest BCUT2D eigenvalue weighted by Gasteiger charge is 2.15. The van der Waals surface area contributed by atoms with E-state index in [0.29, 0.717) is 28.9 Å². The second-order valence-electron chi connectivity index (χ2n) is 6.56. The Balaban J connectivity index is 1.96. The molecule has 1 amide bonds. The maximum Gasteiger partial charge on any atom is 0.248 e. The lowest BCUT2D eigenvalue weighted by atomic mass is 10.2. The Labute approximate surface area is 178 Å². The van der Waals surface area contributed by atoms with Gasteiger partial charge in [0.25, 0.3) is 0 Å². The number of ether oxygens (including phenoxy) is 2. The summed E-state index contributed by atoms with van der Waals surface area (Å²) in [5.74, 6) is -0.567. The van der Waals surface area contributed by atoms with Crippen LogP contribution < -0.4 is 14.8 Å². The highest BCUT2D eigenvalue weighted by atomic mass is 35.5. The average Bonchev–Trinajstić information content (AvgIpc) is 2.71. The van der Waals surface area contributed by atoms with Crippen molar-refractivity contribution >= 4 is 34.1 Å². The van der Waals surface area contributed by atoms with Gasteiger partial charge in [0, 0.05) is 18.7 Å². The molecule has 0 unspecified atom stereocenters. The van der Waals surface area contributed by atoms with E-state index >= 15 is 0 Å². The number of hydrogen-bond donors (Lipinski definition) is 1. The molecule has 2 aromatic carbocycles. The van der Waals surface area contributed by atoms with Crippen molar-refractivity contribution in [2.45, 2.75) is 0 Å². The van der Waals surface area contributed by atoms with Gasteiger partial charge in [-0.25, -0.2) is 14.4 Å². The van der Waals surface area contributed by atoms with Gasteiger partial charge in [-0.3, -0.25) is 4.79 Å². The molecule has 3 aromatic rings. The Bertz CT molecular complexity index is 1110. The molecule has 7 nitrogen and oxygen atoms in total. The second kappa shape index (κ2) is 9.51. The average molecular weight is 431 g/mol. The summed E-state index contributed by atoms with van der Waals surface area (Å²) in [4.78, 5) is 22.5. The molecule has 3 rings (SSSR count). The highest BCUT2D eigenvalue weighted by molar-refractivity contribution is 6.30. The lowest BCUT2D eigenvalue weighted by molar-refractivity contribution is -0.111. The Morgan fingerprint density at radius 1 is 1.27 bits per heavy atom. The van der Waals surface area contributed by atoms with E-state index in [-0.39, 0.29) is 22.6 Å². The van der Waals surface area contributed by atoms with E-state index in [2.05, 4.69) is 15.3 Å². The predicted molar refractivity (Wildman–Crippen MR) is 114 cm³/mol. The van der Waals surface area contributed by atoms with E-state index in [0.717, 1.165) is 0 Å². The molecule has 30 heavy (non-hydrogen) atoms. The summed E-state index contributed by atoms with van der Waals surface area (Å²) < 4.78 is 25.3. The van der Waals surface area contributed by atoms with Gasteiger partial charge in [-0.2, -0.15) is 0 Å². The van der Waals surface area contributed by atoms with Gasteiger partial charge < -0.3 is 19.7 Å². The lowest BCUT2D eigenvalue weighted by Crippen LogP contribution is -2.13. The number of rotatable bonds is 7. The van der Waals surface area contributed by atoms with E-state index < -0.39 is 5.82 Å². The van der Waals surface area contributed by atoms with Gasteiger partial charge in [-0.15, -0.1) is 0 Å². The molecule has 0 aliphatic rings. The van der Waals surface area contributed by atoms with E-state index in [9.17, 15) is 9.18 Å². The van der Waals surface area contributed by atoms with E-state index in [1.54, 1.807) is 24.3 Å². The van der Waals surface area contributed by atoms with Crippen LogP contribution >= 0.6 is 11.6 Å². The summed E-state index contributed by atoms with van der Waals surface area (Å²) in [5, 5.41) is 3.16. The minimum Gasteiger partial charge on any atom is -0.494 e. The van der Waals surface area contributed by atoms with Gasteiger partial charge in [0.1, 0.15) is 12.1 Å². The third-order valence-electron chi connectivity index (χ3n) is 4.04. The van der Waals surface area contributed by atoms with Gasteiger partial charge in [-0.05, 0) is 32.3 Å². The number of halogens is 2. The molecule has 9 heteroatoms. The van der Waals surface area contributed by atoms with Crippen LogP contribution in [0.2, 0.25) is 5.02 Å². The van der Waals surface area contributed by atoms with Crippen molar-refractivity contribution in [2.75, 3.05) is 33.1 Å². The van der Waals surface area contributed by atoms with Crippen molar-refractivity contribution in [1.82, 2.24) is 14.9 Å². The van der Waals surface area contributed by atoms with Gasteiger partial charge in [0.2, 0.25) is 11.8 Å². The first-order valence-corrected chi connectivity index (χ1v) is 9.33. The van der Waals surface area contributed by atoms with Crippen molar-refractivity contribution in [3.05, 3.63) is 59.7 Å². The third-order valence-corrected chi connectivity index (χ3v) is 4.33. The van der Waals surface area contributed by atoms with Crippen molar-refractivity contribution in [2.24, 2.45) is 0 Å². The highest BCUT2D eigenvalue weighted by Crippen LogP contribution is 2.35. The molecule has 0 radical (unpaired) electrons. The molecular weight excluding hydrogens is 411 g/mol. The largest absolute Gasteiger partial charge is 0.494 e. The van der Waals surface area contributed by atoms with Crippen LogP contribution in [0.1, 0.15) is 0 Å². The maximum absolute atomic E-state index is 14.2. The SMILES string of the molecule is COc1cc2ncnc(Oc3cccc(Cl)c3F)c2cc1NC(=O)/C=C/CN(C)C. The van der Waals surface area contributed by atoms with E-state index in [1.165, 1.54) is 31.6 Å². The third kappa shape index (κ3) is 5.03. The molecular formula is C21H20ClFN4O3. The molecule has 0 atom stereocenters. The van der Waals surface area contributed by atoms with Crippen LogP contribution in [-0.4, -0.2) is 48.5 Å². The smallest absolute Gasteiger partial charge is 0.248 e. The number of benzene rings is 2. The molecule has 0 fully saturated rings. The predicted octanol–water partition coefficient (Wildman–Crippen LogP) is 4.28. The molecule has 1 heterocycles. The minimum absolute atomic E-state index is 0.0648. The Morgan fingerprint density at radius 3 is 2.80 bits per heavy atom. The summed E-state index contributed by atoms with van der Waals surface area (Å²) >= 11 is 5.82. The van der Waals surface area contributed by atoms with Gasteiger partial charge in [0.15, 0.2) is 11.6 Å². The number of likely N-dealkylation sites (N-methyl/N-ethyl adjacent to an activating group) is 1. The fourth-order valence-electron chi connectivity index (χ4n) is 2.62. The van der Waals surface area contributed by atoms with Crippen molar-refractivity contribution < 1.29 is 18.7 Å². The van der Waals surface area contributed by atoms with Crippen molar-refractivity contribution in [1.29, 1.82) is 0 Å². The van der Waals surface area contributed by atoms with Gasteiger partial charge in [-0.1, -0.05) is 23.7 Å². The molecule has 156 valence electrons. The number of carbonyl (C=O) groups is 1. The number of anilines is 1. The first-order chi connectivity index (χ1) is 14.4. The zero-order chi connectivity index (χ0) is 21.7. The number of amides is 1. The van der Waals surface area contributed by atoms with Gasteiger partial charge >= 0.3 is 0 Å². The number of carbonyl (C=O) groups excluding carboxylic acids is 1. The monoisotopic (exact) mass is 430 g/mol. The fraction of sp³-hybridized carbons (Fsp3) is 0.190. The number of hydrogen-bond acceptors (Lipinski definition) is 6. The molecule has 0 saturated carbocycles. The van der Waals surface area contributed by atoms with Gasteiger partial charge in [0.05, 0.1) is 28.7 Å². The summed E-state index contributed by atoms with van der Waals surface area (Å²) in [6.45, 7) is 0.624. The fourth-order valence-corrected chi connectivity index (χ4v) is 2.79. The number of fused-ring (bicyclic) bond motifs is 1. The summed E-state index contributed by atoms with van der Waals surface area (Å²) in [7, 11) is 5.29. The molecule has 0 aliphatic heterocycles. The Morgan fingerprint density at radius 2 is 2.07 bits per heavy atom. The number of aromatic nitrogens is 2. The standard InChI is InChI=1S/C21H20ClFN4O3/c1-27(2)9-5-8-19(28)26-16-10-13-15(11-18(16)29-3)24-12-25-21(13)30-17-7-4-6-14(22)20(17)23/h4-8,10-12H,9H2,1-3H3,(H,26,28)/b8-5+. The zero-order valence-electron chi connectivity index (χ0n) is 16.6. The van der Waals surface area contributed by atoms with Crippen LogP contribution in [0.15, 0.2) is 48.8 Å². The van der Waals surface area contributed by atoms with E-state index in [1.807, 2.05) is 19.0 Å². The van der Waals surface area contributed by atoms with Crippen LogP contribution in [0.25, 0.3) is 10.9 Å². The number of methoxy groups -OCH3 is 1. The molecule has 0 bridgehead atoms. The van der Waals surface area contributed by atoms with Crippen molar-refractivity contribution in [3.63, 3.8) is 0 Å². The maximum atomic E-state index is 14.2. The van der Waals surface area contributed by atoms with Crippen LogP contribution in [-0.2, 0) is 4.79 Å². The molecule has 0 saturated heterocycles. The molecule has 0 spiro atoms. The molecule has 1 N–H and O–H groups in total.